The van der Waals surface area contributed by atoms with E-state index in [-0.39, 0.29) is 25.7 Å². The smallest absolute Gasteiger partial charge is 0.462 e. The maximum atomic E-state index is 13.1. The van der Waals surface area contributed by atoms with Gasteiger partial charge in [0.2, 0.25) is 0 Å². The lowest BCUT2D eigenvalue weighted by atomic mass is 9.99. The second-order valence-electron chi connectivity index (χ2n) is 32.0. The van der Waals surface area contributed by atoms with Gasteiger partial charge in [-0.3, -0.25) is 37.3 Å². The third-order valence-corrected chi connectivity index (χ3v) is 22.4. The molecule has 0 bridgehead atoms. The van der Waals surface area contributed by atoms with Crippen LogP contribution in [0.4, 0.5) is 0 Å². The molecule has 7 atom stereocenters. The molecular formula is C85H166O17P2. The van der Waals surface area contributed by atoms with Crippen molar-refractivity contribution in [1.29, 1.82) is 0 Å². The summed E-state index contributed by atoms with van der Waals surface area (Å²) in [6.07, 6.45) is 62.8. The monoisotopic (exact) mass is 1520 g/mol. The first-order valence-corrected chi connectivity index (χ1v) is 46.8. The fourth-order valence-corrected chi connectivity index (χ4v) is 14.7. The Labute approximate surface area is 638 Å². The van der Waals surface area contributed by atoms with Gasteiger partial charge < -0.3 is 33.8 Å². The summed E-state index contributed by atoms with van der Waals surface area (Å²) in [5.74, 6) is 1.03. The number of unbranched alkanes of at least 4 members (excludes halogenated alkanes) is 46. The van der Waals surface area contributed by atoms with Crippen molar-refractivity contribution in [3.05, 3.63) is 0 Å². The molecule has 0 saturated heterocycles. The van der Waals surface area contributed by atoms with Crippen LogP contribution in [0.1, 0.15) is 441 Å². The molecule has 0 rings (SSSR count). The molecule has 0 aromatic rings. The Hall–Kier alpha value is -1.94. The van der Waals surface area contributed by atoms with Gasteiger partial charge in [0.05, 0.1) is 26.4 Å². The second-order valence-corrected chi connectivity index (χ2v) is 34.9. The number of rotatable bonds is 82. The molecule has 0 aliphatic heterocycles. The molecule has 618 valence electrons. The van der Waals surface area contributed by atoms with E-state index in [1.807, 2.05) is 0 Å². The van der Waals surface area contributed by atoms with E-state index in [0.717, 1.165) is 114 Å². The van der Waals surface area contributed by atoms with E-state index in [9.17, 15) is 43.2 Å². The number of esters is 4. The molecule has 0 aromatic heterocycles. The zero-order valence-electron chi connectivity index (χ0n) is 68.7. The van der Waals surface area contributed by atoms with Crippen molar-refractivity contribution >= 4 is 39.5 Å². The lowest BCUT2D eigenvalue weighted by molar-refractivity contribution is -0.161. The van der Waals surface area contributed by atoms with Crippen LogP contribution in [0.25, 0.3) is 0 Å². The Kier molecular flexibility index (Phi) is 72.5. The highest BCUT2D eigenvalue weighted by molar-refractivity contribution is 7.47. The number of aliphatic hydroxyl groups excluding tert-OH is 1. The molecule has 19 heteroatoms. The normalized spacial score (nSPS) is 14.5. The lowest BCUT2D eigenvalue weighted by Gasteiger charge is -2.21. The molecular weight excluding hydrogens is 1350 g/mol. The molecule has 0 amide bonds. The maximum absolute atomic E-state index is 13.1. The van der Waals surface area contributed by atoms with Crippen LogP contribution in [0.2, 0.25) is 0 Å². The summed E-state index contributed by atoms with van der Waals surface area (Å²) in [4.78, 5) is 73.1. The summed E-state index contributed by atoms with van der Waals surface area (Å²) >= 11 is 0. The van der Waals surface area contributed by atoms with Crippen LogP contribution in [0.15, 0.2) is 0 Å². The van der Waals surface area contributed by atoms with Crippen molar-refractivity contribution in [2.24, 2.45) is 23.7 Å². The highest BCUT2D eigenvalue weighted by atomic mass is 31.2. The molecule has 3 N–H and O–H groups in total. The molecule has 17 nitrogen and oxygen atoms in total. The number of hydrogen-bond acceptors (Lipinski definition) is 15. The van der Waals surface area contributed by atoms with Gasteiger partial charge in [0.25, 0.3) is 0 Å². The molecule has 0 aliphatic carbocycles. The number of hydrogen-bond donors (Lipinski definition) is 3. The molecule has 0 aliphatic rings. The Bertz CT molecular complexity index is 2030. The van der Waals surface area contributed by atoms with Crippen molar-refractivity contribution in [3.63, 3.8) is 0 Å². The van der Waals surface area contributed by atoms with Crippen LogP contribution in [-0.2, 0) is 65.4 Å². The molecule has 0 saturated carbocycles. The van der Waals surface area contributed by atoms with E-state index >= 15 is 0 Å². The van der Waals surface area contributed by atoms with Crippen molar-refractivity contribution < 1.29 is 80.2 Å². The van der Waals surface area contributed by atoms with Gasteiger partial charge in [-0.2, -0.15) is 0 Å². The summed E-state index contributed by atoms with van der Waals surface area (Å²) in [6, 6.07) is 0. The van der Waals surface area contributed by atoms with Gasteiger partial charge in [-0.25, -0.2) is 9.13 Å². The second kappa shape index (κ2) is 73.8. The minimum atomic E-state index is -4.96. The molecule has 0 heterocycles. The average Bonchev–Trinajstić information content (AvgIpc) is 0.913. The quantitative estimate of drug-likeness (QED) is 0.0222. The third-order valence-electron chi connectivity index (χ3n) is 20.5. The Balaban J connectivity index is 5.12. The predicted octanol–water partition coefficient (Wildman–Crippen LogP) is 25.6. The Morgan fingerprint density at radius 2 is 0.462 bits per heavy atom. The molecule has 0 spiro atoms. The van der Waals surface area contributed by atoms with Gasteiger partial charge in [0.15, 0.2) is 12.2 Å². The summed E-state index contributed by atoms with van der Waals surface area (Å²) < 4.78 is 68.8. The SMILES string of the molecule is CCC(C)CCCCCCCCCCCCCCCCCCCCC(=O)OC[C@H](COP(=O)(O)OCC(O)COP(=O)(O)OC[C@@H](COC(=O)CCCCCCCCC(C)C)OC(=O)CCCCCCCCCCCCCCCCCCCCC(C)C)OC(=O)CCCCCCCCCCC(C)CC. The minimum Gasteiger partial charge on any atom is -0.462 e. The minimum absolute atomic E-state index is 0.105. The van der Waals surface area contributed by atoms with Crippen LogP contribution in [0, 0.1) is 23.7 Å². The first-order chi connectivity index (χ1) is 50.2. The standard InChI is InChI=1S/C85H166O17P2/c1-9-77(7)63-55-47-38-32-28-24-20-16-12-14-17-21-25-29-33-40-49-57-65-82(87)95-71-80(102-85(90)68-60-52-42-36-35-39-48-56-64-78(8)10-2)73-99-103(91,92)97-69-79(86)70-98-104(93,94)100-74-81(72-96-83(88)66-58-50-44-43-46-54-62-76(5)6)101-84(89)67-59-51-41-34-30-26-22-18-13-11-15-19-23-27-31-37-45-53-61-75(3)4/h75-81,86H,9-74H2,1-8H3,(H,91,92)(H,93,94)/t77?,78?,79?,80-,81-/m1/s1. The number of phosphoric acid groups is 2. The fraction of sp³-hybridized carbons (Fsp3) is 0.953. The number of carbonyl (C=O) groups excluding carboxylic acids is 4. The Morgan fingerprint density at radius 3 is 0.683 bits per heavy atom. The molecule has 0 radical (unpaired) electrons. The summed E-state index contributed by atoms with van der Waals surface area (Å²) in [6.45, 7) is 14.3. The van der Waals surface area contributed by atoms with Crippen LogP contribution >= 0.6 is 15.6 Å². The molecule has 104 heavy (non-hydrogen) atoms. The van der Waals surface area contributed by atoms with E-state index < -0.39 is 97.5 Å². The van der Waals surface area contributed by atoms with Gasteiger partial charge in [-0.15, -0.1) is 0 Å². The van der Waals surface area contributed by atoms with E-state index in [1.54, 1.807) is 0 Å². The van der Waals surface area contributed by atoms with Crippen molar-refractivity contribution in [3.8, 4) is 0 Å². The van der Waals surface area contributed by atoms with Gasteiger partial charge in [0, 0.05) is 25.7 Å². The average molecular weight is 1520 g/mol. The van der Waals surface area contributed by atoms with E-state index in [1.165, 1.54) is 238 Å². The lowest BCUT2D eigenvalue weighted by Crippen LogP contribution is -2.30. The molecule has 5 unspecified atom stereocenters. The van der Waals surface area contributed by atoms with Gasteiger partial charge in [-0.1, -0.05) is 389 Å². The van der Waals surface area contributed by atoms with Gasteiger partial charge in [0.1, 0.15) is 19.3 Å². The third kappa shape index (κ3) is 75.5. The first kappa shape index (κ1) is 102. The molecule has 0 aromatic carbocycles. The van der Waals surface area contributed by atoms with E-state index in [2.05, 4.69) is 55.4 Å². The summed E-state index contributed by atoms with van der Waals surface area (Å²) in [5.41, 5.74) is 0. The summed E-state index contributed by atoms with van der Waals surface area (Å²) in [7, 11) is -9.92. The highest BCUT2D eigenvalue weighted by Gasteiger charge is 2.30. The van der Waals surface area contributed by atoms with Crippen molar-refractivity contribution in [2.45, 2.75) is 459 Å². The number of aliphatic hydroxyl groups is 1. The molecule has 0 fully saturated rings. The van der Waals surface area contributed by atoms with Gasteiger partial charge >= 0.3 is 39.5 Å². The number of ether oxygens (including phenoxy) is 4. The predicted molar refractivity (Wildman–Crippen MR) is 428 cm³/mol. The maximum Gasteiger partial charge on any atom is 0.472 e. The number of carbonyl (C=O) groups is 4. The zero-order valence-corrected chi connectivity index (χ0v) is 70.5. The highest BCUT2D eigenvalue weighted by Crippen LogP contribution is 2.45. The van der Waals surface area contributed by atoms with Crippen molar-refractivity contribution in [2.75, 3.05) is 39.6 Å². The van der Waals surface area contributed by atoms with E-state index in [4.69, 9.17) is 37.0 Å². The zero-order chi connectivity index (χ0) is 76.7. The number of phosphoric ester groups is 2. The fourth-order valence-electron chi connectivity index (χ4n) is 13.1. The topological polar surface area (TPSA) is 237 Å². The first-order valence-electron chi connectivity index (χ1n) is 43.8. The largest absolute Gasteiger partial charge is 0.472 e. The Morgan fingerprint density at radius 1 is 0.269 bits per heavy atom. The van der Waals surface area contributed by atoms with Crippen LogP contribution in [-0.4, -0.2) is 96.7 Å². The van der Waals surface area contributed by atoms with E-state index in [0.29, 0.717) is 31.6 Å². The summed E-state index contributed by atoms with van der Waals surface area (Å²) in [5, 5.41) is 10.7. The van der Waals surface area contributed by atoms with Crippen LogP contribution < -0.4 is 0 Å². The van der Waals surface area contributed by atoms with Crippen molar-refractivity contribution in [1.82, 2.24) is 0 Å². The van der Waals surface area contributed by atoms with Crippen LogP contribution in [0.3, 0.4) is 0 Å². The van der Waals surface area contributed by atoms with Crippen LogP contribution in [0.5, 0.6) is 0 Å². The van der Waals surface area contributed by atoms with Gasteiger partial charge in [-0.05, 0) is 49.4 Å².